The maximum atomic E-state index is 9.00. The zero-order valence-corrected chi connectivity index (χ0v) is 12.0. The number of aliphatic hydroxyl groups is 1. The van der Waals surface area contributed by atoms with Crippen LogP contribution in [0.15, 0.2) is 17.5 Å². The van der Waals surface area contributed by atoms with Crippen LogP contribution >= 0.6 is 11.3 Å². The predicted molar refractivity (Wildman–Crippen MR) is 75.4 cm³/mol. The van der Waals surface area contributed by atoms with Gasteiger partial charge in [0, 0.05) is 17.5 Å². The summed E-state index contributed by atoms with van der Waals surface area (Å²) in [6.07, 6.45) is 2.03. The zero-order valence-electron chi connectivity index (χ0n) is 11.1. The fourth-order valence-corrected chi connectivity index (χ4v) is 3.03. The van der Waals surface area contributed by atoms with Crippen LogP contribution in [-0.2, 0) is 0 Å². The van der Waals surface area contributed by atoms with E-state index in [1.54, 1.807) is 0 Å². The highest BCUT2D eigenvalue weighted by Gasteiger charge is 2.17. The summed E-state index contributed by atoms with van der Waals surface area (Å²) in [6.45, 7) is 8.00. The molecule has 0 spiro atoms. The molecule has 0 saturated heterocycles. The van der Waals surface area contributed by atoms with Crippen molar-refractivity contribution >= 4 is 11.3 Å². The third-order valence-electron chi connectivity index (χ3n) is 3.26. The molecule has 0 fully saturated rings. The van der Waals surface area contributed by atoms with Crippen molar-refractivity contribution in [1.29, 1.82) is 0 Å². The Hall–Kier alpha value is -0.380. The van der Waals surface area contributed by atoms with Gasteiger partial charge in [-0.2, -0.15) is 0 Å². The van der Waals surface area contributed by atoms with Gasteiger partial charge in [0.2, 0.25) is 0 Å². The molecule has 0 bridgehead atoms. The minimum Gasteiger partial charge on any atom is -0.396 e. The lowest BCUT2D eigenvalue weighted by atomic mass is 9.99. The first-order valence-corrected chi connectivity index (χ1v) is 7.44. The van der Waals surface area contributed by atoms with Gasteiger partial charge in [-0.05, 0) is 36.2 Å². The summed E-state index contributed by atoms with van der Waals surface area (Å²) < 4.78 is 0. The molecule has 0 aliphatic heterocycles. The van der Waals surface area contributed by atoms with E-state index in [0.717, 1.165) is 19.4 Å². The van der Waals surface area contributed by atoms with Crippen molar-refractivity contribution in [2.24, 2.45) is 11.8 Å². The van der Waals surface area contributed by atoms with Crippen molar-refractivity contribution in [3.63, 3.8) is 0 Å². The molecule has 1 aromatic heterocycles. The van der Waals surface area contributed by atoms with Crippen LogP contribution in [0.5, 0.6) is 0 Å². The van der Waals surface area contributed by atoms with Crippen molar-refractivity contribution < 1.29 is 5.11 Å². The first-order valence-electron chi connectivity index (χ1n) is 6.56. The minimum absolute atomic E-state index is 0.297. The van der Waals surface area contributed by atoms with E-state index >= 15 is 0 Å². The van der Waals surface area contributed by atoms with Gasteiger partial charge < -0.3 is 10.4 Å². The highest BCUT2D eigenvalue weighted by atomic mass is 32.1. The number of hydrogen-bond acceptors (Lipinski definition) is 3. The lowest BCUT2D eigenvalue weighted by Gasteiger charge is -2.24. The fourth-order valence-electron chi connectivity index (χ4n) is 2.06. The molecule has 98 valence electrons. The van der Waals surface area contributed by atoms with Gasteiger partial charge in [-0.3, -0.25) is 0 Å². The molecular formula is C14H25NOS. The normalized spacial score (nSPS) is 15.1. The summed E-state index contributed by atoms with van der Waals surface area (Å²) in [5.41, 5.74) is 0. The number of nitrogens with one attached hydrogen (secondary N) is 1. The SMILES string of the molecule is CCC(CCO)CNC(c1cccs1)C(C)C. The van der Waals surface area contributed by atoms with Gasteiger partial charge in [-0.25, -0.2) is 0 Å². The Balaban J connectivity index is 2.50. The Morgan fingerprint density at radius 2 is 2.18 bits per heavy atom. The van der Waals surface area contributed by atoms with Gasteiger partial charge in [0.05, 0.1) is 0 Å². The molecule has 0 aliphatic rings. The maximum Gasteiger partial charge on any atom is 0.0438 e. The van der Waals surface area contributed by atoms with Gasteiger partial charge in [-0.1, -0.05) is 33.3 Å². The maximum absolute atomic E-state index is 9.00. The molecule has 1 heterocycles. The predicted octanol–water partition coefficient (Wildman–Crippen LogP) is 3.44. The largest absolute Gasteiger partial charge is 0.396 e. The second kappa shape index (κ2) is 7.85. The second-order valence-electron chi connectivity index (χ2n) is 4.93. The lowest BCUT2D eigenvalue weighted by molar-refractivity contribution is 0.245. The van der Waals surface area contributed by atoms with Gasteiger partial charge in [0.1, 0.15) is 0 Å². The number of hydrogen-bond donors (Lipinski definition) is 2. The van der Waals surface area contributed by atoms with Gasteiger partial charge >= 0.3 is 0 Å². The van der Waals surface area contributed by atoms with Crippen molar-refractivity contribution in [3.8, 4) is 0 Å². The first-order chi connectivity index (χ1) is 8.19. The molecule has 0 radical (unpaired) electrons. The molecule has 1 rings (SSSR count). The minimum atomic E-state index is 0.297. The van der Waals surface area contributed by atoms with Gasteiger partial charge in [0.25, 0.3) is 0 Å². The molecule has 0 aromatic carbocycles. The summed E-state index contributed by atoms with van der Waals surface area (Å²) in [7, 11) is 0. The van der Waals surface area contributed by atoms with Crippen LogP contribution in [0.1, 0.15) is 44.5 Å². The Kier molecular flexibility index (Phi) is 6.78. The topological polar surface area (TPSA) is 32.3 Å². The molecule has 3 heteroatoms. The Morgan fingerprint density at radius 1 is 1.41 bits per heavy atom. The van der Waals surface area contributed by atoms with Crippen LogP contribution in [0.2, 0.25) is 0 Å². The molecule has 0 aliphatic carbocycles. The highest BCUT2D eigenvalue weighted by molar-refractivity contribution is 7.10. The molecule has 2 N–H and O–H groups in total. The Bertz CT molecular complexity index is 284. The molecule has 1 aromatic rings. The van der Waals surface area contributed by atoms with Crippen LogP contribution in [0.25, 0.3) is 0 Å². The molecule has 2 nitrogen and oxygen atoms in total. The van der Waals surface area contributed by atoms with Crippen LogP contribution in [0.3, 0.4) is 0 Å². The molecule has 0 amide bonds. The quantitative estimate of drug-likeness (QED) is 0.746. The first kappa shape index (κ1) is 14.7. The summed E-state index contributed by atoms with van der Waals surface area (Å²) in [6, 6.07) is 4.76. The second-order valence-corrected chi connectivity index (χ2v) is 5.91. The Morgan fingerprint density at radius 3 is 2.65 bits per heavy atom. The average molecular weight is 255 g/mol. The lowest BCUT2D eigenvalue weighted by Crippen LogP contribution is -2.30. The van der Waals surface area contributed by atoms with Crippen molar-refractivity contribution in [2.75, 3.05) is 13.2 Å². The van der Waals surface area contributed by atoms with Crippen molar-refractivity contribution in [3.05, 3.63) is 22.4 Å². The average Bonchev–Trinajstić information content (AvgIpc) is 2.81. The standard InChI is InChI=1S/C14H25NOS/c1-4-12(7-8-16)10-15-14(11(2)3)13-6-5-9-17-13/h5-6,9,11-12,14-16H,4,7-8,10H2,1-3H3. The van der Waals surface area contributed by atoms with E-state index in [1.807, 2.05) is 11.3 Å². The van der Waals surface area contributed by atoms with Crippen LogP contribution in [-0.4, -0.2) is 18.3 Å². The summed E-state index contributed by atoms with van der Waals surface area (Å²) >= 11 is 1.82. The van der Waals surface area contributed by atoms with E-state index in [2.05, 4.69) is 43.6 Å². The fraction of sp³-hybridized carbons (Fsp3) is 0.714. The molecule has 2 unspecified atom stereocenters. The van der Waals surface area contributed by atoms with Crippen LogP contribution in [0, 0.1) is 11.8 Å². The van der Waals surface area contributed by atoms with E-state index in [0.29, 0.717) is 24.5 Å². The summed E-state index contributed by atoms with van der Waals surface area (Å²) in [4.78, 5) is 1.42. The smallest absolute Gasteiger partial charge is 0.0438 e. The van der Waals surface area contributed by atoms with E-state index < -0.39 is 0 Å². The molecule has 0 saturated carbocycles. The molecule has 2 atom stereocenters. The third-order valence-corrected chi connectivity index (χ3v) is 4.21. The number of rotatable bonds is 8. The van der Waals surface area contributed by atoms with Crippen LogP contribution < -0.4 is 5.32 Å². The summed E-state index contributed by atoms with van der Waals surface area (Å²) in [5, 5.41) is 14.8. The van der Waals surface area contributed by atoms with E-state index in [-0.39, 0.29) is 0 Å². The van der Waals surface area contributed by atoms with Gasteiger partial charge in [-0.15, -0.1) is 11.3 Å². The molecule has 17 heavy (non-hydrogen) atoms. The third kappa shape index (κ3) is 4.78. The Labute approximate surface area is 109 Å². The van der Waals surface area contributed by atoms with Crippen LogP contribution in [0.4, 0.5) is 0 Å². The number of thiophene rings is 1. The highest BCUT2D eigenvalue weighted by Crippen LogP contribution is 2.26. The molecular weight excluding hydrogens is 230 g/mol. The van der Waals surface area contributed by atoms with Gasteiger partial charge in [0.15, 0.2) is 0 Å². The van der Waals surface area contributed by atoms with Crippen molar-refractivity contribution in [2.45, 2.75) is 39.7 Å². The monoisotopic (exact) mass is 255 g/mol. The van der Waals surface area contributed by atoms with Crippen molar-refractivity contribution in [1.82, 2.24) is 5.32 Å². The van der Waals surface area contributed by atoms with E-state index in [9.17, 15) is 0 Å². The summed E-state index contributed by atoms with van der Waals surface area (Å²) in [5.74, 6) is 1.18. The number of aliphatic hydroxyl groups excluding tert-OH is 1. The van der Waals surface area contributed by atoms with E-state index in [4.69, 9.17) is 5.11 Å². The zero-order chi connectivity index (χ0) is 12.7. The van der Waals surface area contributed by atoms with E-state index in [1.165, 1.54) is 4.88 Å².